The predicted molar refractivity (Wildman–Crippen MR) is 153 cm³/mol. The number of benzene rings is 2. The third kappa shape index (κ3) is 8.04. The van der Waals surface area contributed by atoms with E-state index in [4.69, 9.17) is 15.2 Å². The van der Waals surface area contributed by atoms with Gasteiger partial charge in [-0.25, -0.2) is 0 Å². The van der Waals surface area contributed by atoms with Crippen LogP contribution in [0.25, 0.3) is 0 Å². The van der Waals surface area contributed by atoms with Crippen LogP contribution in [-0.4, -0.2) is 94.8 Å². The van der Waals surface area contributed by atoms with E-state index >= 15 is 0 Å². The van der Waals surface area contributed by atoms with Crippen molar-refractivity contribution in [2.24, 2.45) is 5.73 Å². The van der Waals surface area contributed by atoms with E-state index in [0.29, 0.717) is 30.8 Å². The van der Waals surface area contributed by atoms with Crippen LogP contribution in [0.5, 0.6) is 11.5 Å². The van der Waals surface area contributed by atoms with E-state index in [9.17, 15) is 19.5 Å². The monoisotopic (exact) mass is 579 g/mol. The van der Waals surface area contributed by atoms with Gasteiger partial charge in [0.2, 0.25) is 11.8 Å². The van der Waals surface area contributed by atoms with Crippen molar-refractivity contribution in [2.45, 2.75) is 37.9 Å². The number of amides is 3. The highest BCUT2D eigenvalue weighted by atomic mass is 16.5. The Labute approximate surface area is 244 Å². The number of aliphatic hydroxyl groups excluding tert-OH is 1. The van der Waals surface area contributed by atoms with Crippen LogP contribution in [0.1, 0.15) is 28.0 Å². The van der Waals surface area contributed by atoms with Gasteiger partial charge in [0, 0.05) is 51.6 Å². The summed E-state index contributed by atoms with van der Waals surface area (Å²) in [4.78, 5) is 41.3. The number of nitrogens with zero attached hydrogens (tertiary/aromatic N) is 4. The highest BCUT2D eigenvalue weighted by Gasteiger charge is 2.26. The van der Waals surface area contributed by atoms with Crippen molar-refractivity contribution in [1.29, 1.82) is 0 Å². The zero-order chi connectivity index (χ0) is 29.9. The molecule has 224 valence electrons. The molecular formula is C29H37N7O6. The van der Waals surface area contributed by atoms with Gasteiger partial charge in [0.1, 0.15) is 12.1 Å². The molecule has 2 aromatic carbocycles. The van der Waals surface area contributed by atoms with Crippen molar-refractivity contribution in [1.82, 2.24) is 30.5 Å². The van der Waals surface area contributed by atoms with Gasteiger partial charge in [-0.05, 0) is 17.7 Å². The molecule has 0 radical (unpaired) electrons. The van der Waals surface area contributed by atoms with Crippen molar-refractivity contribution < 1.29 is 29.0 Å². The molecule has 2 bridgehead atoms. The lowest BCUT2D eigenvalue weighted by molar-refractivity contribution is -0.134. The van der Waals surface area contributed by atoms with Crippen molar-refractivity contribution in [3.63, 3.8) is 0 Å². The molecule has 2 heterocycles. The van der Waals surface area contributed by atoms with Gasteiger partial charge in [-0.3, -0.25) is 19.1 Å². The topological polar surface area (TPSA) is 174 Å². The molecular weight excluding hydrogens is 542 g/mol. The zero-order valence-electron chi connectivity index (χ0n) is 23.6. The third-order valence-corrected chi connectivity index (χ3v) is 6.86. The summed E-state index contributed by atoms with van der Waals surface area (Å²) in [5, 5.41) is 23.5. The van der Waals surface area contributed by atoms with Crippen LogP contribution in [0.3, 0.4) is 0 Å². The molecule has 0 spiro atoms. The highest BCUT2D eigenvalue weighted by molar-refractivity contribution is 6.00. The number of nitrogens with two attached hydrogens (primary N) is 1. The summed E-state index contributed by atoms with van der Waals surface area (Å²) in [6.45, 7) is 0.793. The number of methoxy groups -OCH3 is 1. The summed E-state index contributed by atoms with van der Waals surface area (Å²) in [5.41, 5.74) is 7.59. The Morgan fingerprint density at radius 1 is 1.17 bits per heavy atom. The quantitative estimate of drug-likeness (QED) is 0.322. The number of para-hydroxylation sites is 1. The van der Waals surface area contributed by atoms with Crippen LogP contribution in [-0.2, 0) is 29.0 Å². The minimum atomic E-state index is -1.08. The minimum Gasteiger partial charge on any atom is -0.493 e. The van der Waals surface area contributed by atoms with Crippen LogP contribution >= 0.6 is 0 Å². The second-order valence-electron chi connectivity index (χ2n) is 9.88. The smallest absolute Gasteiger partial charge is 0.255 e. The minimum absolute atomic E-state index is 0.101. The van der Waals surface area contributed by atoms with Crippen molar-refractivity contribution in [2.75, 3.05) is 40.0 Å². The van der Waals surface area contributed by atoms with E-state index in [1.165, 1.54) is 12.0 Å². The average Bonchev–Trinajstić information content (AvgIpc) is 3.47. The van der Waals surface area contributed by atoms with Gasteiger partial charge in [-0.1, -0.05) is 41.6 Å². The van der Waals surface area contributed by atoms with Crippen LogP contribution in [0.4, 0.5) is 0 Å². The van der Waals surface area contributed by atoms with E-state index in [2.05, 4.69) is 20.9 Å². The number of carbonyl (C=O) groups excluding carboxylic acids is 3. The fourth-order valence-corrected chi connectivity index (χ4v) is 4.59. The summed E-state index contributed by atoms with van der Waals surface area (Å²) in [7, 11) is 1.50. The number of aromatic nitrogens is 3. The molecule has 0 aliphatic carbocycles. The predicted octanol–water partition coefficient (Wildman–Crippen LogP) is -0.0826. The van der Waals surface area contributed by atoms with Crippen molar-refractivity contribution in [3.8, 4) is 11.5 Å². The van der Waals surface area contributed by atoms with Crippen LogP contribution in [0, 0.1) is 0 Å². The molecule has 0 saturated carbocycles. The van der Waals surface area contributed by atoms with Gasteiger partial charge < -0.3 is 35.8 Å². The lowest BCUT2D eigenvalue weighted by Gasteiger charge is -2.26. The summed E-state index contributed by atoms with van der Waals surface area (Å²) in [6.07, 6.45) is 3.01. The van der Waals surface area contributed by atoms with E-state index in [0.717, 1.165) is 5.56 Å². The van der Waals surface area contributed by atoms with Crippen LogP contribution in [0.15, 0.2) is 54.7 Å². The lowest BCUT2D eigenvalue weighted by atomic mass is 10.0. The second-order valence-corrected chi connectivity index (χ2v) is 9.88. The normalized spacial score (nSPS) is 17.8. The van der Waals surface area contributed by atoms with Gasteiger partial charge in [-0.2, -0.15) is 0 Å². The lowest BCUT2D eigenvalue weighted by Crippen LogP contribution is -2.51. The zero-order valence-corrected chi connectivity index (χ0v) is 23.6. The average molecular weight is 580 g/mol. The molecule has 1 aliphatic rings. The maximum Gasteiger partial charge on any atom is 0.255 e. The Bertz CT molecular complexity index is 1350. The number of carbonyl (C=O) groups is 3. The number of hydrogen-bond acceptors (Lipinski definition) is 9. The Kier molecular flexibility index (Phi) is 10.8. The van der Waals surface area contributed by atoms with Crippen molar-refractivity contribution >= 4 is 17.7 Å². The van der Waals surface area contributed by atoms with Gasteiger partial charge in [0.15, 0.2) is 11.5 Å². The molecule has 1 aliphatic heterocycles. The first-order valence-corrected chi connectivity index (χ1v) is 13.9. The first-order valence-electron chi connectivity index (χ1n) is 13.9. The van der Waals surface area contributed by atoms with Gasteiger partial charge in [0.25, 0.3) is 5.91 Å². The second kappa shape index (κ2) is 14.9. The van der Waals surface area contributed by atoms with Crippen LogP contribution in [0.2, 0.25) is 0 Å². The Morgan fingerprint density at radius 3 is 2.74 bits per heavy atom. The standard InChI is InChI=1S/C29H37N7O6/c1-41-25-10-5-9-22-26(25)42-16-6-13-36-18-21(33-34-36)11-14-35(29(40)23(30)19-37)15-12-31-28(39)24(32-27(22)38)17-20-7-3-2-4-8-20/h2-5,7-10,18,23-24,37H,6,11-17,19,30H2,1H3,(H,31,39)(H,32,38)/t23-,24-/m0/s1. The van der Waals surface area contributed by atoms with Gasteiger partial charge >= 0.3 is 0 Å². The van der Waals surface area contributed by atoms with Crippen molar-refractivity contribution in [3.05, 3.63) is 71.5 Å². The number of aliphatic hydroxyl groups is 1. The highest BCUT2D eigenvalue weighted by Crippen LogP contribution is 2.31. The maximum absolute atomic E-state index is 13.6. The SMILES string of the molecule is COc1cccc2c1OCCCn1cc(nn1)CCN(C(=O)[C@@H](N)CO)CCNC(=O)[C@H](Cc1ccccc1)NC2=O. The summed E-state index contributed by atoms with van der Waals surface area (Å²) >= 11 is 0. The van der Waals surface area contributed by atoms with Gasteiger partial charge in [0.05, 0.1) is 31.6 Å². The molecule has 4 rings (SSSR count). The Balaban J connectivity index is 1.61. The molecule has 3 amide bonds. The largest absolute Gasteiger partial charge is 0.493 e. The van der Waals surface area contributed by atoms with E-state index < -0.39 is 36.4 Å². The molecule has 42 heavy (non-hydrogen) atoms. The molecule has 3 aromatic rings. The summed E-state index contributed by atoms with van der Waals surface area (Å²) in [5.74, 6) is -0.682. The van der Waals surface area contributed by atoms with E-state index in [-0.39, 0.29) is 44.0 Å². The molecule has 0 saturated heterocycles. The number of hydrogen-bond donors (Lipinski definition) is 4. The Hall–Kier alpha value is -4.49. The molecule has 13 nitrogen and oxygen atoms in total. The first kappa shape index (κ1) is 30.5. The van der Waals surface area contributed by atoms with E-state index in [1.54, 1.807) is 29.1 Å². The van der Waals surface area contributed by atoms with Gasteiger partial charge in [-0.15, -0.1) is 5.10 Å². The molecule has 13 heteroatoms. The fraction of sp³-hybridized carbons (Fsp3) is 0.414. The molecule has 0 fully saturated rings. The molecule has 1 aromatic heterocycles. The molecule has 5 N–H and O–H groups in total. The summed E-state index contributed by atoms with van der Waals surface area (Å²) < 4.78 is 13.2. The number of rotatable bonds is 5. The van der Waals surface area contributed by atoms with E-state index in [1.807, 2.05) is 30.3 Å². The number of fused-ring (bicyclic) bond motifs is 3. The molecule has 2 atom stereocenters. The number of aryl methyl sites for hydroxylation is 1. The number of nitrogens with one attached hydrogen (secondary N) is 2. The van der Waals surface area contributed by atoms with Crippen LogP contribution < -0.4 is 25.8 Å². The third-order valence-electron chi connectivity index (χ3n) is 6.86. The Morgan fingerprint density at radius 2 is 1.98 bits per heavy atom. The number of ether oxygens (including phenoxy) is 2. The summed E-state index contributed by atoms with van der Waals surface area (Å²) in [6, 6.07) is 12.3. The first-order chi connectivity index (χ1) is 20.4. The molecule has 0 unspecified atom stereocenters. The fourth-order valence-electron chi connectivity index (χ4n) is 4.59. The maximum atomic E-state index is 13.6.